The van der Waals surface area contributed by atoms with Crippen LogP contribution in [0, 0.1) is 0 Å². The first-order chi connectivity index (χ1) is 14.6. The summed E-state index contributed by atoms with van der Waals surface area (Å²) in [6.45, 7) is 5.66. The van der Waals surface area contributed by atoms with Gasteiger partial charge >= 0.3 is 0 Å². The predicted molar refractivity (Wildman–Crippen MR) is 110 cm³/mol. The number of ether oxygens (including phenoxy) is 1. The minimum atomic E-state index is 0.0781. The van der Waals surface area contributed by atoms with Gasteiger partial charge in [0.05, 0.1) is 36.5 Å². The van der Waals surface area contributed by atoms with Gasteiger partial charge in [0.25, 0.3) is 0 Å². The number of nitrogens with two attached hydrogens (primary N) is 1. The molecule has 5 heterocycles. The first-order valence-corrected chi connectivity index (χ1v) is 10.0. The maximum atomic E-state index is 11.8. The fraction of sp³-hybridized carbons (Fsp3) is 0.474. The molecule has 30 heavy (non-hydrogen) atoms. The lowest BCUT2D eigenvalue weighted by atomic mass is 10.2. The highest BCUT2D eigenvalue weighted by molar-refractivity contribution is 5.91. The minimum absolute atomic E-state index is 0.0781. The summed E-state index contributed by atoms with van der Waals surface area (Å²) >= 11 is 0. The molecule has 0 spiro atoms. The zero-order chi connectivity index (χ0) is 20.7. The number of fused-ring (bicyclic) bond motifs is 1. The third-order valence-corrected chi connectivity index (χ3v) is 5.64. The van der Waals surface area contributed by atoms with E-state index < -0.39 is 0 Å². The lowest BCUT2D eigenvalue weighted by molar-refractivity contribution is -0.127. The van der Waals surface area contributed by atoms with Crippen molar-refractivity contribution in [3.05, 3.63) is 18.6 Å². The number of rotatable bonds is 3. The summed E-state index contributed by atoms with van der Waals surface area (Å²) in [6, 6.07) is 0.0781. The Hall–Kier alpha value is -3.34. The summed E-state index contributed by atoms with van der Waals surface area (Å²) in [5, 5.41) is 5.45. The van der Waals surface area contributed by atoms with E-state index in [2.05, 4.69) is 20.0 Å². The summed E-state index contributed by atoms with van der Waals surface area (Å²) in [7, 11) is 0. The smallest absolute Gasteiger partial charge is 0.228 e. The Kier molecular flexibility index (Phi) is 4.66. The van der Waals surface area contributed by atoms with Crippen molar-refractivity contribution in [1.29, 1.82) is 0 Å². The molecule has 2 aliphatic rings. The lowest BCUT2D eigenvalue weighted by Gasteiger charge is -2.27. The summed E-state index contributed by atoms with van der Waals surface area (Å²) in [5.74, 6) is 0.918. The summed E-state index contributed by atoms with van der Waals surface area (Å²) < 4.78 is 7.40. The van der Waals surface area contributed by atoms with Gasteiger partial charge in [-0.15, -0.1) is 0 Å². The average Bonchev–Trinajstić information content (AvgIpc) is 3.41. The zero-order valence-electron chi connectivity index (χ0n) is 16.7. The number of anilines is 2. The van der Waals surface area contributed by atoms with Gasteiger partial charge in [0.15, 0.2) is 5.65 Å². The van der Waals surface area contributed by atoms with Gasteiger partial charge in [0.1, 0.15) is 0 Å². The molecule has 2 N–H and O–H groups in total. The number of nitrogens with zero attached hydrogens (tertiary/aromatic N) is 8. The van der Waals surface area contributed by atoms with Crippen molar-refractivity contribution < 1.29 is 9.53 Å². The molecule has 1 atom stereocenters. The molecule has 0 bridgehead atoms. The number of hydrogen-bond donors (Lipinski definition) is 1. The fourth-order valence-electron chi connectivity index (χ4n) is 3.99. The van der Waals surface area contributed by atoms with Crippen LogP contribution >= 0.6 is 0 Å². The van der Waals surface area contributed by atoms with Gasteiger partial charge in [0, 0.05) is 51.1 Å². The SMILES string of the molecule is CC(=O)N1CCC(n2ncc3c(-c4cnc(N)nc4)nc(N4CCOCC4)nc32)C1. The van der Waals surface area contributed by atoms with Gasteiger partial charge in [0.2, 0.25) is 17.8 Å². The Labute approximate surface area is 172 Å². The highest BCUT2D eigenvalue weighted by atomic mass is 16.5. The van der Waals surface area contributed by atoms with Gasteiger partial charge in [-0.05, 0) is 6.42 Å². The summed E-state index contributed by atoms with van der Waals surface area (Å²) in [5.41, 5.74) is 7.88. The number of likely N-dealkylation sites (tertiary alicyclic amines) is 1. The molecule has 3 aromatic heterocycles. The first kappa shape index (κ1) is 18.7. The van der Waals surface area contributed by atoms with Gasteiger partial charge in [-0.3, -0.25) is 4.79 Å². The van der Waals surface area contributed by atoms with Crippen LogP contribution < -0.4 is 10.6 Å². The molecule has 5 rings (SSSR count). The molecule has 0 radical (unpaired) electrons. The van der Waals surface area contributed by atoms with Gasteiger partial charge < -0.3 is 20.3 Å². The largest absolute Gasteiger partial charge is 0.378 e. The van der Waals surface area contributed by atoms with Gasteiger partial charge in [-0.1, -0.05) is 0 Å². The monoisotopic (exact) mass is 409 g/mol. The van der Waals surface area contributed by atoms with E-state index in [4.69, 9.17) is 20.4 Å². The van der Waals surface area contributed by atoms with Crippen LogP contribution in [0.15, 0.2) is 18.6 Å². The molecule has 11 nitrogen and oxygen atoms in total. The molecule has 1 unspecified atom stereocenters. The maximum Gasteiger partial charge on any atom is 0.228 e. The molecule has 3 aromatic rings. The number of aromatic nitrogens is 6. The van der Waals surface area contributed by atoms with E-state index in [9.17, 15) is 4.79 Å². The van der Waals surface area contributed by atoms with Crippen molar-refractivity contribution in [2.45, 2.75) is 19.4 Å². The van der Waals surface area contributed by atoms with Crippen molar-refractivity contribution in [1.82, 2.24) is 34.6 Å². The minimum Gasteiger partial charge on any atom is -0.378 e. The molecule has 0 aromatic carbocycles. The second kappa shape index (κ2) is 7.48. The van der Waals surface area contributed by atoms with Gasteiger partial charge in [-0.2, -0.15) is 10.1 Å². The highest BCUT2D eigenvalue weighted by Crippen LogP contribution is 2.31. The highest BCUT2D eigenvalue weighted by Gasteiger charge is 2.29. The second-order valence-electron chi connectivity index (χ2n) is 7.54. The molecule has 1 amide bonds. The Morgan fingerprint density at radius 2 is 1.90 bits per heavy atom. The van der Waals surface area contributed by atoms with Crippen LogP contribution in [0.3, 0.4) is 0 Å². The van der Waals surface area contributed by atoms with Crippen LogP contribution in [0.1, 0.15) is 19.4 Å². The first-order valence-electron chi connectivity index (χ1n) is 10.0. The summed E-state index contributed by atoms with van der Waals surface area (Å²) in [4.78, 5) is 33.7. The standard InChI is InChI=1S/C19H23N9O2/c1-12(29)27-3-2-14(11-27)28-17-15(10-23-28)16(13-8-21-18(20)22-9-13)24-19(25-17)26-4-6-30-7-5-26/h8-10,14H,2-7,11H2,1H3,(H2,20,21,22). The molecule has 2 fully saturated rings. The molecule has 2 aliphatic heterocycles. The number of nitrogen functional groups attached to an aromatic ring is 1. The average molecular weight is 409 g/mol. The van der Waals surface area contributed by atoms with Crippen LogP contribution in [-0.4, -0.2) is 79.9 Å². The van der Waals surface area contributed by atoms with Crippen LogP contribution in [0.5, 0.6) is 0 Å². The Balaban J connectivity index is 1.62. The van der Waals surface area contributed by atoms with E-state index in [1.807, 2.05) is 9.58 Å². The van der Waals surface area contributed by atoms with E-state index in [-0.39, 0.29) is 17.9 Å². The molecular weight excluding hydrogens is 386 g/mol. The van der Waals surface area contributed by atoms with Crippen LogP contribution in [-0.2, 0) is 9.53 Å². The molecule has 0 saturated carbocycles. The normalized spacial score (nSPS) is 19.6. The van der Waals surface area contributed by atoms with Crippen LogP contribution in [0.25, 0.3) is 22.3 Å². The molecule has 156 valence electrons. The Bertz CT molecular complexity index is 1080. The van der Waals surface area contributed by atoms with Crippen molar-refractivity contribution in [3.63, 3.8) is 0 Å². The number of hydrogen-bond acceptors (Lipinski definition) is 9. The van der Waals surface area contributed by atoms with Crippen molar-refractivity contribution >= 4 is 28.8 Å². The number of amides is 1. The van der Waals surface area contributed by atoms with E-state index >= 15 is 0 Å². The number of morpholine rings is 1. The zero-order valence-corrected chi connectivity index (χ0v) is 16.7. The lowest BCUT2D eigenvalue weighted by Crippen LogP contribution is -2.37. The fourth-order valence-corrected chi connectivity index (χ4v) is 3.99. The van der Waals surface area contributed by atoms with E-state index in [0.717, 1.165) is 42.7 Å². The molecule has 11 heteroatoms. The maximum absolute atomic E-state index is 11.8. The van der Waals surface area contributed by atoms with Crippen molar-refractivity contribution in [3.8, 4) is 11.3 Å². The van der Waals surface area contributed by atoms with Crippen LogP contribution in [0.2, 0.25) is 0 Å². The summed E-state index contributed by atoms with van der Waals surface area (Å²) in [6.07, 6.45) is 5.95. The topological polar surface area (TPSA) is 128 Å². The third kappa shape index (κ3) is 3.30. The van der Waals surface area contributed by atoms with Crippen molar-refractivity contribution in [2.24, 2.45) is 0 Å². The second-order valence-corrected chi connectivity index (χ2v) is 7.54. The quantitative estimate of drug-likeness (QED) is 0.657. The third-order valence-electron chi connectivity index (χ3n) is 5.64. The van der Waals surface area contributed by atoms with Gasteiger partial charge in [-0.25, -0.2) is 19.6 Å². The predicted octanol–water partition coefficient (Wildman–Crippen LogP) is 0.495. The number of carbonyl (C=O) groups is 1. The Morgan fingerprint density at radius 3 is 2.60 bits per heavy atom. The Morgan fingerprint density at radius 1 is 1.13 bits per heavy atom. The molecule has 2 saturated heterocycles. The van der Waals surface area contributed by atoms with E-state index in [0.29, 0.717) is 31.4 Å². The van der Waals surface area contributed by atoms with E-state index in [1.165, 1.54) is 0 Å². The number of carbonyl (C=O) groups excluding carboxylic acids is 1. The molecule has 0 aliphatic carbocycles. The van der Waals surface area contributed by atoms with E-state index in [1.54, 1.807) is 25.5 Å². The van der Waals surface area contributed by atoms with Crippen LogP contribution in [0.4, 0.5) is 11.9 Å². The molecular formula is C19H23N9O2. The van der Waals surface area contributed by atoms with Crippen molar-refractivity contribution in [2.75, 3.05) is 50.0 Å².